The molecular weight excluding hydrogens is 543 g/mol. The Morgan fingerprint density at radius 2 is 1.07 bits per heavy atom. The molecule has 2 atom stereocenters. The van der Waals surface area contributed by atoms with Crippen molar-refractivity contribution >= 4 is 17.1 Å². The van der Waals surface area contributed by atoms with Crippen molar-refractivity contribution in [3.05, 3.63) is 81.9 Å². The van der Waals surface area contributed by atoms with Gasteiger partial charge in [-0.25, -0.2) is 0 Å². The molecule has 0 heterocycles. The zero-order chi connectivity index (χ0) is 21.9. The van der Waals surface area contributed by atoms with E-state index in [0.717, 1.165) is 12.8 Å². The molecule has 0 saturated heterocycles. The summed E-state index contributed by atoms with van der Waals surface area (Å²) in [6.45, 7) is 15.1. The molecule has 30 heavy (non-hydrogen) atoms. The van der Waals surface area contributed by atoms with E-state index in [1.807, 2.05) is 0 Å². The summed E-state index contributed by atoms with van der Waals surface area (Å²) in [5.41, 5.74) is 13.2. The minimum atomic E-state index is -3.54. The third-order valence-electron chi connectivity index (χ3n) is 9.36. The average molecular weight is 582 g/mol. The Balaban J connectivity index is 2.06. The van der Waals surface area contributed by atoms with Crippen molar-refractivity contribution < 1.29 is 17.7 Å². The van der Waals surface area contributed by atoms with Crippen LogP contribution in [-0.4, -0.2) is 5.98 Å². The van der Waals surface area contributed by atoms with Gasteiger partial charge in [0.25, 0.3) is 0 Å². The Labute approximate surface area is 186 Å². The summed E-state index contributed by atoms with van der Waals surface area (Å²) in [5.74, 6) is -0.942. The maximum absolute atomic E-state index is 3.54. The van der Waals surface area contributed by atoms with Gasteiger partial charge in [-0.05, 0) is 0 Å². The molecule has 2 aliphatic rings. The van der Waals surface area contributed by atoms with Crippen LogP contribution >= 0.6 is 0 Å². The van der Waals surface area contributed by atoms with E-state index in [0.29, 0.717) is 7.35 Å². The molecule has 0 saturated carbocycles. The van der Waals surface area contributed by atoms with Crippen molar-refractivity contribution in [3.63, 3.8) is 0 Å². The fourth-order valence-electron chi connectivity index (χ4n) is 7.41. The molecular formula is C28H39HfSi. The van der Waals surface area contributed by atoms with Gasteiger partial charge in [0.2, 0.25) is 0 Å². The van der Waals surface area contributed by atoms with Crippen LogP contribution in [0.4, 0.5) is 0 Å². The number of hydrogen-bond donors (Lipinski definition) is 0. The molecule has 0 amide bonds. The van der Waals surface area contributed by atoms with Gasteiger partial charge in [-0.2, -0.15) is 0 Å². The summed E-state index contributed by atoms with van der Waals surface area (Å²) in [7, 11) is 0. The van der Waals surface area contributed by atoms with Gasteiger partial charge in [-0.3, -0.25) is 0 Å². The molecule has 0 aliphatic heterocycles. The van der Waals surface area contributed by atoms with Gasteiger partial charge in [0.15, 0.2) is 0 Å². The maximum atomic E-state index is 2.88. The normalized spacial score (nSPS) is 22.4. The van der Waals surface area contributed by atoms with Gasteiger partial charge < -0.3 is 0 Å². The molecule has 0 radical (unpaired) electrons. The molecule has 0 N–H and O–H groups in total. The fourth-order valence-corrected chi connectivity index (χ4v) is 51.3. The Hall–Kier alpha value is -0.993. The van der Waals surface area contributed by atoms with E-state index in [-0.39, 0.29) is 0 Å². The molecule has 2 unspecified atom stereocenters. The quantitative estimate of drug-likeness (QED) is 0.310. The fraction of sp³-hybridized carbons (Fsp3) is 0.429. The van der Waals surface area contributed by atoms with Crippen LogP contribution in [0.1, 0.15) is 70.1 Å². The molecule has 2 aliphatic carbocycles. The first-order chi connectivity index (χ1) is 14.2. The second-order valence-electron chi connectivity index (χ2n) is 11.0. The second kappa shape index (κ2) is 7.55. The van der Waals surface area contributed by atoms with E-state index in [4.69, 9.17) is 0 Å². The number of rotatable bonds is 5. The van der Waals surface area contributed by atoms with Crippen LogP contribution in [-0.2, 0) is 17.7 Å². The summed E-state index contributed by atoms with van der Waals surface area (Å²) in [5, 5.41) is 0. The van der Waals surface area contributed by atoms with Gasteiger partial charge in [-0.15, -0.1) is 0 Å². The SMILES string of the molecule is CCC1=C(C)[CH]([Hf]([CH3])([CH3])([CH]2C(C)=C(CC)c3ccccc32)[SiH](C)C)c2ccccc21. The molecule has 0 fully saturated rings. The molecule has 0 nitrogen and oxygen atoms in total. The van der Waals surface area contributed by atoms with Crippen LogP contribution < -0.4 is 0 Å². The van der Waals surface area contributed by atoms with Crippen molar-refractivity contribution in [1.29, 1.82) is 0 Å². The third kappa shape index (κ3) is 2.78. The Kier molecular flexibility index (Phi) is 5.59. The standard InChI is InChI=1S/2C12H13.C2H7Si.2CH3.Hf/c2*1-3-11-9(2)8-10-6-4-5-7-12(10)11;1-3-2;;;/h2*4-8H,3H2,1-2H3;3H,1-2H3;2*1H3;. The zero-order valence-corrected chi connectivity index (χ0v) is 25.0. The van der Waals surface area contributed by atoms with Crippen molar-refractivity contribution in [2.45, 2.75) is 70.3 Å². The van der Waals surface area contributed by atoms with Crippen molar-refractivity contribution in [3.8, 4) is 0 Å². The second-order valence-corrected chi connectivity index (χ2v) is 64.4. The predicted octanol–water partition coefficient (Wildman–Crippen LogP) is 8.63. The van der Waals surface area contributed by atoms with Gasteiger partial charge >= 0.3 is 187 Å². The van der Waals surface area contributed by atoms with Crippen LogP contribution in [0.5, 0.6) is 0 Å². The topological polar surface area (TPSA) is 0 Å². The summed E-state index contributed by atoms with van der Waals surface area (Å²) >= 11 is -3.54. The van der Waals surface area contributed by atoms with Crippen LogP contribution in [0.15, 0.2) is 59.7 Å². The van der Waals surface area contributed by atoms with Crippen LogP contribution in [0.2, 0.25) is 22.5 Å². The average Bonchev–Trinajstić information content (AvgIpc) is 3.18. The Morgan fingerprint density at radius 3 is 1.40 bits per heavy atom. The van der Waals surface area contributed by atoms with Gasteiger partial charge in [0.05, 0.1) is 0 Å². The van der Waals surface area contributed by atoms with E-state index in [2.05, 4.69) is 98.7 Å². The molecule has 0 aromatic heterocycles. The van der Waals surface area contributed by atoms with Gasteiger partial charge in [-0.1, -0.05) is 0 Å². The van der Waals surface area contributed by atoms with E-state index in [1.54, 1.807) is 44.5 Å². The van der Waals surface area contributed by atoms with E-state index in [1.165, 1.54) is 0 Å². The molecule has 2 heteroatoms. The van der Waals surface area contributed by atoms with E-state index < -0.39 is 23.7 Å². The number of allylic oxidation sites excluding steroid dienone is 4. The summed E-state index contributed by atoms with van der Waals surface area (Å²) in [6.07, 6.45) is 2.31. The number of fused-ring (bicyclic) bond motifs is 2. The van der Waals surface area contributed by atoms with Gasteiger partial charge in [0, 0.05) is 0 Å². The Morgan fingerprint density at radius 1 is 0.700 bits per heavy atom. The van der Waals surface area contributed by atoms with E-state index in [9.17, 15) is 0 Å². The van der Waals surface area contributed by atoms with Crippen LogP contribution in [0, 0.1) is 0 Å². The first-order valence-corrected chi connectivity index (χ1v) is 32.4. The van der Waals surface area contributed by atoms with Crippen molar-refractivity contribution in [2.75, 3.05) is 0 Å². The summed E-state index contributed by atoms with van der Waals surface area (Å²) in [6, 6.07) is 18.8. The monoisotopic (exact) mass is 583 g/mol. The molecule has 159 valence electrons. The third-order valence-corrected chi connectivity index (χ3v) is 76.2. The molecule has 2 aromatic carbocycles. The van der Waals surface area contributed by atoms with Crippen molar-refractivity contribution in [1.82, 2.24) is 0 Å². The van der Waals surface area contributed by atoms with Crippen LogP contribution in [0.3, 0.4) is 0 Å². The van der Waals surface area contributed by atoms with Gasteiger partial charge in [0.1, 0.15) is 0 Å². The van der Waals surface area contributed by atoms with E-state index >= 15 is 0 Å². The summed E-state index contributed by atoms with van der Waals surface area (Å²) in [4.78, 5) is 0. The number of benzene rings is 2. The first-order valence-electron chi connectivity index (χ1n) is 12.0. The predicted molar refractivity (Wildman–Crippen MR) is 135 cm³/mol. The molecule has 2 aromatic rings. The van der Waals surface area contributed by atoms with Crippen LogP contribution in [0.25, 0.3) is 11.1 Å². The zero-order valence-electron chi connectivity index (χ0n) is 20.3. The molecule has 0 bridgehead atoms. The first kappa shape index (κ1) is 22.2. The minimum absolute atomic E-state index is 0.698. The molecule has 4 rings (SSSR count). The molecule has 0 spiro atoms. The Bertz CT molecular complexity index is 990. The van der Waals surface area contributed by atoms with Crippen molar-refractivity contribution in [2.24, 2.45) is 0 Å². The number of hydrogen-bond acceptors (Lipinski definition) is 0. The summed E-state index contributed by atoms with van der Waals surface area (Å²) < 4.78 is 7.15.